The summed E-state index contributed by atoms with van der Waals surface area (Å²) in [7, 11) is 1.83. The van der Waals surface area contributed by atoms with Crippen molar-refractivity contribution in [2.75, 3.05) is 18.7 Å². The molecule has 17 heavy (non-hydrogen) atoms. The van der Waals surface area contributed by atoms with Crippen molar-refractivity contribution in [1.29, 1.82) is 0 Å². The molecule has 0 bridgehead atoms. The highest BCUT2D eigenvalue weighted by Crippen LogP contribution is 2.12. The first-order chi connectivity index (χ1) is 7.27. The highest BCUT2D eigenvalue weighted by Gasteiger charge is 2.25. The van der Waals surface area contributed by atoms with E-state index in [1.165, 1.54) is 0 Å². The van der Waals surface area contributed by atoms with Crippen LogP contribution in [0.2, 0.25) is 0 Å². The fourth-order valence-electron chi connectivity index (χ4n) is 1.46. The Labute approximate surface area is 121 Å². The molecular formula is C9H15Cl2N3OS2. The minimum absolute atomic E-state index is 0. The summed E-state index contributed by atoms with van der Waals surface area (Å²) in [4.78, 5) is 17.8. The minimum atomic E-state index is -0.0152. The number of carbonyl (C=O) groups excluding carboxylic acids is 1. The summed E-state index contributed by atoms with van der Waals surface area (Å²) in [6, 6.07) is -0.0152. The molecule has 1 N–H and O–H groups in total. The van der Waals surface area contributed by atoms with E-state index in [1.807, 2.05) is 12.4 Å². The maximum absolute atomic E-state index is 11.9. The van der Waals surface area contributed by atoms with Crippen molar-refractivity contribution < 1.29 is 4.79 Å². The van der Waals surface area contributed by atoms with Gasteiger partial charge in [-0.2, -0.15) is 0 Å². The Morgan fingerprint density at radius 3 is 2.94 bits per heavy atom. The lowest BCUT2D eigenvalue weighted by Gasteiger charge is -2.19. The zero-order valence-electron chi connectivity index (χ0n) is 9.29. The van der Waals surface area contributed by atoms with Gasteiger partial charge in [-0.15, -0.1) is 47.9 Å². The van der Waals surface area contributed by atoms with E-state index in [1.54, 1.807) is 33.5 Å². The summed E-state index contributed by atoms with van der Waals surface area (Å²) in [6.45, 7) is 0.602. The van der Waals surface area contributed by atoms with Crippen LogP contribution in [0.5, 0.6) is 0 Å². The average molecular weight is 316 g/mol. The number of carbonyl (C=O) groups is 1. The molecule has 1 amide bonds. The molecule has 1 fully saturated rings. The quantitative estimate of drug-likeness (QED) is 0.920. The fourth-order valence-corrected chi connectivity index (χ4v) is 2.94. The topological polar surface area (TPSA) is 45.2 Å². The van der Waals surface area contributed by atoms with Crippen LogP contribution in [0.25, 0.3) is 0 Å². The van der Waals surface area contributed by atoms with Crippen LogP contribution in [0, 0.1) is 0 Å². The van der Waals surface area contributed by atoms with Crippen molar-refractivity contribution in [2.24, 2.45) is 0 Å². The molecule has 0 aromatic carbocycles. The van der Waals surface area contributed by atoms with Gasteiger partial charge in [0.25, 0.3) is 0 Å². The molecule has 2 rings (SSSR count). The number of nitrogens with zero attached hydrogens (tertiary/aromatic N) is 2. The van der Waals surface area contributed by atoms with Crippen molar-refractivity contribution >= 4 is 53.8 Å². The minimum Gasteiger partial charge on any atom is -0.338 e. The summed E-state index contributed by atoms with van der Waals surface area (Å²) >= 11 is 3.32. The van der Waals surface area contributed by atoms with Gasteiger partial charge in [0.05, 0.1) is 23.8 Å². The second-order valence-electron chi connectivity index (χ2n) is 3.45. The molecule has 0 aliphatic carbocycles. The third kappa shape index (κ3) is 4.63. The van der Waals surface area contributed by atoms with Crippen LogP contribution >= 0.6 is 47.9 Å². The van der Waals surface area contributed by atoms with Gasteiger partial charge in [0, 0.05) is 24.1 Å². The number of aromatic nitrogens is 1. The third-order valence-corrected chi connectivity index (χ3v) is 3.85. The van der Waals surface area contributed by atoms with E-state index in [0.29, 0.717) is 6.54 Å². The number of hydrogen-bond donors (Lipinski definition) is 1. The van der Waals surface area contributed by atoms with Crippen LogP contribution in [0.4, 0.5) is 0 Å². The van der Waals surface area contributed by atoms with Gasteiger partial charge in [-0.1, -0.05) is 0 Å². The number of amides is 1. The van der Waals surface area contributed by atoms with Gasteiger partial charge >= 0.3 is 0 Å². The van der Waals surface area contributed by atoms with E-state index in [-0.39, 0.29) is 36.8 Å². The maximum atomic E-state index is 11.9. The SMILES string of the molecule is CN(Cc1cscn1)C(=O)C1CSCN1.Cl.Cl. The van der Waals surface area contributed by atoms with Gasteiger partial charge in [0.1, 0.15) is 0 Å². The number of hydrogen-bond acceptors (Lipinski definition) is 5. The first-order valence-electron chi connectivity index (χ1n) is 4.70. The predicted molar refractivity (Wildman–Crippen MR) is 77.3 cm³/mol. The van der Waals surface area contributed by atoms with Gasteiger partial charge in [-0.25, -0.2) is 4.98 Å². The van der Waals surface area contributed by atoms with E-state index in [0.717, 1.165) is 17.3 Å². The number of rotatable bonds is 3. The normalized spacial score (nSPS) is 18.1. The lowest BCUT2D eigenvalue weighted by molar-refractivity contribution is -0.131. The number of nitrogens with one attached hydrogen (secondary N) is 1. The van der Waals surface area contributed by atoms with Crippen LogP contribution in [0.1, 0.15) is 5.69 Å². The van der Waals surface area contributed by atoms with Gasteiger partial charge in [-0.3, -0.25) is 10.1 Å². The Morgan fingerprint density at radius 1 is 1.65 bits per heavy atom. The molecule has 1 aliphatic heterocycles. The van der Waals surface area contributed by atoms with Crippen molar-refractivity contribution in [3.05, 3.63) is 16.6 Å². The van der Waals surface area contributed by atoms with E-state index in [4.69, 9.17) is 0 Å². The smallest absolute Gasteiger partial charge is 0.240 e. The highest BCUT2D eigenvalue weighted by atomic mass is 35.5. The van der Waals surface area contributed by atoms with Crippen LogP contribution < -0.4 is 5.32 Å². The fraction of sp³-hybridized carbons (Fsp3) is 0.556. The van der Waals surface area contributed by atoms with Crippen molar-refractivity contribution in [3.63, 3.8) is 0 Å². The monoisotopic (exact) mass is 315 g/mol. The van der Waals surface area contributed by atoms with Crippen LogP contribution in [0.15, 0.2) is 10.9 Å². The number of thiazole rings is 1. The van der Waals surface area contributed by atoms with E-state index in [2.05, 4.69) is 10.3 Å². The van der Waals surface area contributed by atoms with Crippen molar-refractivity contribution in [3.8, 4) is 0 Å². The Bertz CT molecular complexity index is 331. The summed E-state index contributed by atoms with van der Waals surface area (Å²) in [5.41, 5.74) is 2.75. The molecule has 1 saturated heterocycles. The molecule has 8 heteroatoms. The van der Waals surface area contributed by atoms with Crippen molar-refractivity contribution in [2.45, 2.75) is 12.6 Å². The molecule has 1 atom stereocenters. The Balaban J connectivity index is 0.00000128. The molecule has 0 radical (unpaired) electrons. The molecular weight excluding hydrogens is 301 g/mol. The number of likely N-dealkylation sites (N-methyl/N-ethyl adjacent to an activating group) is 1. The lowest BCUT2D eigenvalue weighted by atomic mass is 10.3. The zero-order valence-corrected chi connectivity index (χ0v) is 12.6. The first-order valence-corrected chi connectivity index (χ1v) is 6.80. The van der Waals surface area contributed by atoms with Crippen LogP contribution in [0.3, 0.4) is 0 Å². The zero-order chi connectivity index (χ0) is 10.7. The van der Waals surface area contributed by atoms with Gasteiger partial charge in [0.15, 0.2) is 0 Å². The largest absolute Gasteiger partial charge is 0.338 e. The molecule has 2 heterocycles. The molecule has 1 aromatic heterocycles. The maximum Gasteiger partial charge on any atom is 0.240 e. The standard InChI is InChI=1S/C9H13N3OS2.2ClH/c1-12(2-7-3-14-5-10-7)9(13)8-4-15-6-11-8;;/h3,5,8,11H,2,4,6H2,1H3;2*1H. The first kappa shape index (κ1) is 17.0. The molecule has 4 nitrogen and oxygen atoms in total. The second kappa shape index (κ2) is 8.16. The van der Waals surface area contributed by atoms with Crippen molar-refractivity contribution in [1.82, 2.24) is 15.2 Å². The lowest BCUT2D eigenvalue weighted by Crippen LogP contribution is -2.42. The molecule has 98 valence electrons. The van der Waals surface area contributed by atoms with Gasteiger partial charge in [0.2, 0.25) is 5.91 Å². The molecule has 1 aromatic rings. The van der Waals surface area contributed by atoms with E-state index >= 15 is 0 Å². The summed E-state index contributed by atoms with van der Waals surface area (Å²) < 4.78 is 0. The Morgan fingerprint density at radius 2 is 2.41 bits per heavy atom. The molecule has 0 spiro atoms. The molecule has 1 unspecified atom stereocenters. The average Bonchev–Trinajstić information content (AvgIpc) is 2.88. The summed E-state index contributed by atoms with van der Waals surface area (Å²) in [5, 5.41) is 5.14. The highest BCUT2D eigenvalue weighted by molar-refractivity contribution is 7.99. The van der Waals surface area contributed by atoms with Gasteiger partial charge < -0.3 is 4.90 Å². The van der Waals surface area contributed by atoms with E-state index < -0.39 is 0 Å². The van der Waals surface area contributed by atoms with Crippen LogP contribution in [-0.2, 0) is 11.3 Å². The number of thioether (sulfide) groups is 1. The van der Waals surface area contributed by atoms with Gasteiger partial charge in [-0.05, 0) is 0 Å². The Hall–Kier alpha value is -0.0100. The molecule has 1 aliphatic rings. The predicted octanol–water partition coefficient (Wildman–Crippen LogP) is 1.61. The van der Waals surface area contributed by atoms with E-state index in [9.17, 15) is 4.79 Å². The Kier molecular flexibility index (Phi) is 8.15. The number of halogens is 2. The summed E-state index contributed by atoms with van der Waals surface area (Å²) in [6.07, 6.45) is 0. The summed E-state index contributed by atoms with van der Waals surface area (Å²) in [5.74, 6) is 1.91. The second-order valence-corrected chi connectivity index (χ2v) is 5.19. The van der Waals surface area contributed by atoms with Crippen LogP contribution in [-0.4, -0.2) is 40.5 Å². The third-order valence-electron chi connectivity index (χ3n) is 2.27. The molecule has 0 saturated carbocycles.